The van der Waals surface area contributed by atoms with Gasteiger partial charge in [-0.15, -0.1) is 0 Å². The number of carbonyl (C=O) groups excluding carboxylic acids is 1. The maximum absolute atomic E-state index is 11.4. The molecule has 5 heteroatoms. The molecule has 1 amide bonds. The topological polar surface area (TPSA) is 74.5 Å². The van der Waals surface area contributed by atoms with Gasteiger partial charge in [-0.3, -0.25) is 4.79 Å². The quantitative estimate of drug-likeness (QED) is 0.463. The molecule has 82 valence electrons. The van der Waals surface area contributed by atoms with Crippen molar-refractivity contribution in [1.29, 1.82) is 5.26 Å². The van der Waals surface area contributed by atoms with Gasteiger partial charge in [0.25, 0.3) is 5.91 Å². The smallest absolute Gasteiger partial charge is 0.252 e. The monoisotopic (exact) mass is 217 g/mol. The first-order valence-electron chi connectivity index (χ1n) is 4.59. The molecule has 0 aliphatic heterocycles. The molecule has 1 N–H and O–H groups in total. The van der Waals surface area contributed by atoms with E-state index in [1.54, 1.807) is 24.3 Å². The summed E-state index contributed by atoms with van der Waals surface area (Å²) in [6, 6.07) is 8.63. The minimum Gasteiger partial charge on any atom is -0.399 e. The molecule has 1 rings (SSSR count). The molecule has 0 aromatic heterocycles. The maximum Gasteiger partial charge on any atom is 0.252 e. The minimum absolute atomic E-state index is 0.00567. The molecule has 1 aromatic rings. The molecular formula is C11H11N3O2. The Hall–Kier alpha value is -2.35. The summed E-state index contributed by atoms with van der Waals surface area (Å²) >= 11 is 0. The molecule has 0 aliphatic carbocycles. The Morgan fingerprint density at radius 1 is 1.56 bits per heavy atom. The van der Waals surface area contributed by atoms with Crippen molar-refractivity contribution in [2.75, 3.05) is 13.7 Å². The second kappa shape index (κ2) is 6.19. The fourth-order valence-electron chi connectivity index (χ4n) is 1.06. The summed E-state index contributed by atoms with van der Waals surface area (Å²) in [5.74, 6) is -0.267. The third-order valence-corrected chi connectivity index (χ3v) is 1.81. The lowest BCUT2D eigenvalue weighted by Crippen LogP contribution is -2.23. The summed E-state index contributed by atoms with van der Waals surface area (Å²) in [6.45, 7) is 0.00567. The van der Waals surface area contributed by atoms with Gasteiger partial charge in [-0.05, 0) is 17.7 Å². The van der Waals surface area contributed by atoms with Crippen LogP contribution in [0.1, 0.15) is 15.9 Å². The molecule has 0 bridgehead atoms. The van der Waals surface area contributed by atoms with Crippen molar-refractivity contribution in [3.63, 3.8) is 0 Å². The van der Waals surface area contributed by atoms with Crippen molar-refractivity contribution in [3.05, 3.63) is 35.4 Å². The highest BCUT2D eigenvalue weighted by Gasteiger charge is 2.03. The average molecular weight is 217 g/mol. The largest absolute Gasteiger partial charge is 0.399 e. The Morgan fingerprint density at radius 2 is 2.25 bits per heavy atom. The molecular weight excluding hydrogens is 206 g/mol. The average Bonchev–Trinajstić information content (AvgIpc) is 2.34. The second-order valence-electron chi connectivity index (χ2n) is 2.88. The second-order valence-corrected chi connectivity index (χ2v) is 2.88. The lowest BCUT2D eigenvalue weighted by Gasteiger charge is -2.00. The van der Waals surface area contributed by atoms with Crippen molar-refractivity contribution < 1.29 is 9.63 Å². The first kappa shape index (κ1) is 11.7. The number of nitrogens with zero attached hydrogens (tertiary/aromatic N) is 2. The van der Waals surface area contributed by atoms with E-state index in [-0.39, 0.29) is 12.5 Å². The van der Waals surface area contributed by atoms with Gasteiger partial charge in [0.05, 0.1) is 12.3 Å². The number of nitrogens with one attached hydrogen (secondary N) is 1. The Bertz CT molecular complexity index is 418. The van der Waals surface area contributed by atoms with Crippen LogP contribution in [-0.4, -0.2) is 25.8 Å². The highest BCUT2D eigenvalue weighted by atomic mass is 16.6. The van der Waals surface area contributed by atoms with E-state index in [1.165, 1.54) is 13.3 Å². The van der Waals surface area contributed by atoms with E-state index in [0.717, 1.165) is 5.56 Å². The molecule has 0 fully saturated rings. The Kier molecular flexibility index (Phi) is 4.54. The van der Waals surface area contributed by atoms with Gasteiger partial charge in [-0.1, -0.05) is 17.3 Å². The zero-order chi connectivity index (χ0) is 11.8. The first-order chi connectivity index (χ1) is 7.77. The summed E-state index contributed by atoms with van der Waals surface area (Å²) in [7, 11) is 1.46. The maximum atomic E-state index is 11.4. The third kappa shape index (κ3) is 3.42. The number of hydrogen-bond donors (Lipinski definition) is 1. The number of carbonyl (C=O) groups is 1. The molecule has 0 saturated carbocycles. The van der Waals surface area contributed by atoms with Crippen LogP contribution in [0.5, 0.6) is 0 Å². The summed E-state index contributed by atoms with van der Waals surface area (Å²) in [6.07, 6.45) is 1.54. The van der Waals surface area contributed by atoms with Crippen molar-refractivity contribution in [1.82, 2.24) is 5.32 Å². The molecule has 0 radical (unpaired) electrons. The van der Waals surface area contributed by atoms with Gasteiger partial charge in [0.2, 0.25) is 0 Å². The van der Waals surface area contributed by atoms with E-state index in [0.29, 0.717) is 5.56 Å². The lowest BCUT2D eigenvalue weighted by molar-refractivity contribution is 0.0958. The van der Waals surface area contributed by atoms with Crippen molar-refractivity contribution in [3.8, 4) is 6.07 Å². The fraction of sp³-hybridized carbons (Fsp3) is 0.182. The van der Waals surface area contributed by atoms with Gasteiger partial charge < -0.3 is 10.2 Å². The summed E-state index contributed by atoms with van der Waals surface area (Å²) in [5, 5.41) is 14.4. The Balaban J connectivity index is 2.68. The van der Waals surface area contributed by atoms with Crippen LogP contribution < -0.4 is 5.32 Å². The van der Waals surface area contributed by atoms with Crippen LogP contribution in [0.4, 0.5) is 0 Å². The summed E-state index contributed by atoms with van der Waals surface area (Å²) in [4.78, 5) is 15.9. The molecule has 0 spiro atoms. The van der Waals surface area contributed by atoms with E-state index >= 15 is 0 Å². The molecule has 16 heavy (non-hydrogen) atoms. The first-order valence-corrected chi connectivity index (χ1v) is 4.59. The Morgan fingerprint density at radius 3 is 2.81 bits per heavy atom. The van der Waals surface area contributed by atoms with Gasteiger partial charge in [0, 0.05) is 5.56 Å². The van der Waals surface area contributed by atoms with E-state index in [4.69, 9.17) is 5.26 Å². The van der Waals surface area contributed by atoms with Crippen LogP contribution in [0.25, 0.3) is 0 Å². The van der Waals surface area contributed by atoms with Crippen LogP contribution in [0.15, 0.2) is 29.4 Å². The normalized spacial score (nSPS) is 9.75. The van der Waals surface area contributed by atoms with Crippen LogP contribution in [0.2, 0.25) is 0 Å². The summed E-state index contributed by atoms with van der Waals surface area (Å²) < 4.78 is 0. The summed E-state index contributed by atoms with van der Waals surface area (Å²) in [5.41, 5.74) is 1.34. The zero-order valence-electron chi connectivity index (χ0n) is 8.80. The zero-order valence-corrected chi connectivity index (χ0v) is 8.80. The Labute approximate surface area is 93.3 Å². The minimum atomic E-state index is -0.267. The van der Waals surface area contributed by atoms with Crippen molar-refractivity contribution in [2.45, 2.75) is 0 Å². The van der Waals surface area contributed by atoms with Gasteiger partial charge in [0.1, 0.15) is 13.7 Å². The number of amides is 1. The van der Waals surface area contributed by atoms with Crippen molar-refractivity contribution in [2.24, 2.45) is 5.16 Å². The lowest BCUT2D eigenvalue weighted by atomic mass is 10.1. The van der Waals surface area contributed by atoms with E-state index in [1.807, 2.05) is 6.07 Å². The molecule has 0 unspecified atom stereocenters. The molecule has 1 aromatic carbocycles. The number of oxime groups is 1. The number of hydrogen-bond acceptors (Lipinski definition) is 4. The van der Waals surface area contributed by atoms with Gasteiger partial charge in [-0.2, -0.15) is 5.26 Å². The van der Waals surface area contributed by atoms with Crippen LogP contribution >= 0.6 is 0 Å². The third-order valence-electron chi connectivity index (χ3n) is 1.81. The van der Waals surface area contributed by atoms with E-state index in [9.17, 15) is 4.79 Å². The van der Waals surface area contributed by atoms with Crippen molar-refractivity contribution >= 4 is 12.1 Å². The fourth-order valence-corrected chi connectivity index (χ4v) is 1.06. The SMILES string of the molecule is CO/N=C\c1ccc(C(=O)NCC#N)cc1. The molecule has 5 nitrogen and oxygen atoms in total. The predicted molar refractivity (Wildman–Crippen MR) is 59.0 cm³/mol. The standard InChI is InChI=1S/C11H11N3O2/c1-16-14-8-9-2-4-10(5-3-9)11(15)13-7-6-12/h2-5,8H,7H2,1H3,(H,13,15)/b14-8-. The predicted octanol–water partition coefficient (Wildman–Crippen LogP) is 0.920. The molecule has 0 heterocycles. The van der Waals surface area contributed by atoms with Crippen LogP contribution in [-0.2, 0) is 4.84 Å². The molecule has 0 atom stereocenters. The van der Waals surface area contributed by atoms with E-state index < -0.39 is 0 Å². The van der Waals surface area contributed by atoms with Gasteiger partial charge in [0.15, 0.2) is 0 Å². The number of rotatable bonds is 4. The number of nitriles is 1. The van der Waals surface area contributed by atoms with Crippen LogP contribution in [0, 0.1) is 11.3 Å². The van der Waals surface area contributed by atoms with E-state index in [2.05, 4.69) is 15.3 Å². The number of benzene rings is 1. The highest BCUT2D eigenvalue weighted by Crippen LogP contribution is 2.02. The highest BCUT2D eigenvalue weighted by molar-refractivity contribution is 5.95. The van der Waals surface area contributed by atoms with Gasteiger partial charge in [-0.25, -0.2) is 0 Å². The molecule has 0 aliphatic rings. The molecule has 0 saturated heterocycles. The van der Waals surface area contributed by atoms with Crippen LogP contribution in [0.3, 0.4) is 0 Å². The van der Waals surface area contributed by atoms with Gasteiger partial charge >= 0.3 is 0 Å².